The van der Waals surface area contributed by atoms with Gasteiger partial charge >= 0.3 is 0 Å². The predicted molar refractivity (Wildman–Crippen MR) is 99.1 cm³/mol. The van der Waals surface area contributed by atoms with Crippen LogP contribution in [0.2, 0.25) is 0 Å². The summed E-state index contributed by atoms with van der Waals surface area (Å²) in [7, 11) is 0. The number of hydrogen-bond acceptors (Lipinski definition) is 4. The molecule has 0 aliphatic carbocycles. The highest BCUT2D eigenvalue weighted by molar-refractivity contribution is 5.93. The number of hydrogen-bond donors (Lipinski definition) is 1. The van der Waals surface area contributed by atoms with Crippen LogP contribution in [0.4, 0.5) is 5.82 Å². The third-order valence-electron chi connectivity index (χ3n) is 3.65. The molecule has 6 heteroatoms. The van der Waals surface area contributed by atoms with Crippen LogP contribution < -0.4 is 5.32 Å². The third-order valence-corrected chi connectivity index (χ3v) is 3.65. The van der Waals surface area contributed by atoms with Crippen molar-refractivity contribution in [1.82, 2.24) is 10.1 Å². The molecule has 0 saturated heterocycles. The first-order valence-corrected chi connectivity index (χ1v) is 8.97. The van der Waals surface area contributed by atoms with Gasteiger partial charge < -0.3 is 14.7 Å². The lowest BCUT2D eigenvalue weighted by atomic mass is 9.84. The lowest BCUT2D eigenvalue weighted by molar-refractivity contribution is -0.136. The molecule has 0 aromatic carbocycles. The van der Waals surface area contributed by atoms with Gasteiger partial charge in [-0.2, -0.15) is 0 Å². The summed E-state index contributed by atoms with van der Waals surface area (Å²) >= 11 is 0. The van der Waals surface area contributed by atoms with E-state index in [1.165, 1.54) is 0 Å². The Morgan fingerprint density at radius 2 is 1.92 bits per heavy atom. The van der Waals surface area contributed by atoms with Gasteiger partial charge in [0.15, 0.2) is 5.82 Å². The van der Waals surface area contributed by atoms with E-state index in [-0.39, 0.29) is 29.7 Å². The molecule has 0 aliphatic rings. The van der Waals surface area contributed by atoms with Crippen LogP contribution in [0.15, 0.2) is 10.6 Å². The summed E-state index contributed by atoms with van der Waals surface area (Å²) in [4.78, 5) is 26.6. The maximum atomic E-state index is 12.7. The molecule has 1 N–H and O–H groups in total. The fourth-order valence-corrected chi connectivity index (χ4v) is 3.02. The van der Waals surface area contributed by atoms with E-state index in [2.05, 4.69) is 38.2 Å². The zero-order valence-electron chi connectivity index (χ0n) is 16.7. The van der Waals surface area contributed by atoms with Crippen molar-refractivity contribution in [3.8, 4) is 0 Å². The van der Waals surface area contributed by atoms with Crippen molar-refractivity contribution in [1.29, 1.82) is 0 Å². The van der Waals surface area contributed by atoms with E-state index in [0.717, 1.165) is 6.42 Å². The summed E-state index contributed by atoms with van der Waals surface area (Å²) in [6.07, 6.45) is 1.43. The number of anilines is 1. The second-order valence-corrected chi connectivity index (χ2v) is 8.61. The summed E-state index contributed by atoms with van der Waals surface area (Å²) in [6, 6.07) is 1.65. The van der Waals surface area contributed by atoms with Crippen LogP contribution in [0, 0.1) is 24.2 Å². The first-order chi connectivity index (χ1) is 11.5. The van der Waals surface area contributed by atoms with Crippen molar-refractivity contribution in [2.45, 2.75) is 61.3 Å². The van der Waals surface area contributed by atoms with Gasteiger partial charge in [0, 0.05) is 19.0 Å². The van der Waals surface area contributed by atoms with Crippen molar-refractivity contribution in [3.63, 3.8) is 0 Å². The van der Waals surface area contributed by atoms with Gasteiger partial charge in [-0.05, 0) is 30.6 Å². The fraction of sp³-hybridized carbons (Fsp3) is 0.737. The van der Waals surface area contributed by atoms with E-state index in [0.29, 0.717) is 30.5 Å². The van der Waals surface area contributed by atoms with Crippen LogP contribution in [0.3, 0.4) is 0 Å². The van der Waals surface area contributed by atoms with Crippen LogP contribution in [0.25, 0.3) is 0 Å². The van der Waals surface area contributed by atoms with Gasteiger partial charge in [0.25, 0.3) is 0 Å². The lowest BCUT2D eigenvalue weighted by Crippen LogP contribution is -2.41. The fourth-order valence-electron chi connectivity index (χ4n) is 3.02. The highest BCUT2D eigenvalue weighted by atomic mass is 16.5. The first kappa shape index (κ1) is 21.2. The molecule has 0 radical (unpaired) electrons. The van der Waals surface area contributed by atoms with Crippen molar-refractivity contribution in [2.75, 3.05) is 18.4 Å². The molecule has 2 amide bonds. The summed E-state index contributed by atoms with van der Waals surface area (Å²) < 4.78 is 4.94. The number of amides is 2. The second kappa shape index (κ2) is 9.02. The van der Waals surface area contributed by atoms with Crippen LogP contribution in [0.5, 0.6) is 0 Å². The van der Waals surface area contributed by atoms with Crippen LogP contribution in [-0.4, -0.2) is 35.0 Å². The van der Waals surface area contributed by atoms with Crippen molar-refractivity contribution in [3.05, 3.63) is 11.8 Å². The SMILES string of the molecule is Cc1cc(NC(=O)CN(CC(C)C)C(=O)C[C@@H](C)CC(C)(C)C)no1. The van der Waals surface area contributed by atoms with Gasteiger partial charge in [-0.1, -0.05) is 46.7 Å². The normalized spacial score (nSPS) is 13.0. The average Bonchev–Trinajstić information content (AvgIpc) is 2.80. The molecule has 1 atom stereocenters. The molecule has 1 rings (SSSR count). The van der Waals surface area contributed by atoms with Gasteiger partial charge in [-0.15, -0.1) is 0 Å². The van der Waals surface area contributed by atoms with Gasteiger partial charge in [-0.3, -0.25) is 9.59 Å². The van der Waals surface area contributed by atoms with Crippen molar-refractivity contribution < 1.29 is 14.1 Å². The van der Waals surface area contributed by atoms with E-state index in [4.69, 9.17) is 4.52 Å². The summed E-state index contributed by atoms with van der Waals surface area (Å²) in [5.41, 5.74) is 0.185. The Morgan fingerprint density at radius 3 is 2.40 bits per heavy atom. The topological polar surface area (TPSA) is 75.4 Å². The monoisotopic (exact) mass is 351 g/mol. The smallest absolute Gasteiger partial charge is 0.245 e. The highest BCUT2D eigenvalue weighted by Gasteiger charge is 2.23. The maximum absolute atomic E-state index is 12.7. The van der Waals surface area contributed by atoms with E-state index in [1.54, 1.807) is 17.9 Å². The molecule has 1 heterocycles. The summed E-state index contributed by atoms with van der Waals surface area (Å²) in [5.74, 6) is 1.34. The molecule has 0 aliphatic heterocycles. The Morgan fingerprint density at radius 1 is 1.28 bits per heavy atom. The van der Waals surface area contributed by atoms with Gasteiger partial charge in [0.2, 0.25) is 11.8 Å². The Hall–Kier alpha value is -1.85. The van der Waals surface area contributed by atoms with Crippen molar-refractivity contribution >= 4 is 17.6 Å². The first-order valence-electron chi connectivity index (χ1n) is 8.97. The van der Waals surface area contributed by atoms with Crippen LogP contribution in [0.1, 0.15) is 60.1 Å². The minimum Gasteiger partial charge on any atom is -0.360 e. The minimum atomic E-state index is -0.259. The van der Waals surface area contributed by atoms with Gasteiger partial charge in [0.1, 0.15) is 5.76 Å². The van der Waals surface area contributed by atoms with E-state index in [9.17, 15) is 9.59 Å². The molecule has 0 spiro atoms. The largest absolute Gasteiger partial charge is 0.360 e. The Balaban J connectivity index is 2.65. The van der Waals surface area contributed by atoms with Crippen molar-refractivity contribution in [2.24, 2.45) is 17.3 Å². The number of carbonyl (C=O) groups is 2. The predicted octanol–water partition coefficient (Wildman–Crippen LogP) is 3.87. The van der Waals surface area contributed by atoms with Gasteiger partial charge in [0.05, 0.1) is 6.54 Å². The zero-order chi connectivity index (χ0) is 19.2. The number of nitrogens with one attached hydrogen (secondary N) is 1. The molecule has 25 heavy (non-hydrogen) atoms. The number of aromatic nitrogens is 1. The van der Waals surface area contributed by atoms with Crippen LogP contribution in [-0.2, 0) is 9.59 Å². The molecular formula is C19H33N3O3. The van der Waals surface area contributed by atoms with E-state index < -0.39 is 0 Å². The van der Waals surface area contributed by atoms with E-state index >= 15 is 0 Å². The van der Waals surface area contributed by atoms with Gasteiger partial charge in [-0.25, -0.2) is 0 Å². The quantitative estimate of drug-likeness (QED) is 0.771. The summed E-state index contributed by atoms with van der Waals surface area (Å²) in [6.45, 7) is 15.0. The number of aryl methyl sites for hydroxylation is 1. The number of rotatable bonds is 8. The molecular weight excluding hydrogens is 318 g/mol. The molecule has 1 aromatic rings. The number of nitrogens with zero attached hydrogens (tertiary/aromatic N) is 2. The minimum absolute atomic E-state index is 0.0249. The molecule has 0 unspecified atom stereocenters. The molecule has 142 valence electrons. The molecule has 1 aromatic heterocycles. The summed E-state index contributed by atoms with van der Waals surface area (Å²) in [5, 5.41) is 6.42. The number of carbonyl (C=O) groups excluding carboxylic acids is 2. The molecule has 0 bridgehead atoms. The maximum Gasteiger partial charge on any atom is 0.245 e. The standard InChI is InChI=1S/C19H33N3O3/c1-13(2)11-22(18(24)8-14(3)10-19(5,6)7)12-17(23)20-16-9-15(4)25-21-16/h9,13-14H,8,10-12H2,1-7H3,(H,20,21,23)/t14-/m1/s1. The average molecular weight is 351 g/mol. The zero-order valence-corrected chi connectivity index (χ0v) is 16.7. The molecule has 0 saturated carbocycles. The molecule has 0 fully saturated rings. The molecule has 6 nitrogen and oxygen atoms in total. The third kappa shape index (κ3) is 8.70. The Kier molecular flexibility index (Phi) is 7.64. The Bertz CT molecular complexity index is 573. The van der Waals surface area contributed by atoms with E-state index in [1.807, 2.05) is 13.8 Å². The lowest BCUT2D eigenvalue weighted by Gasteiger charge is -2.27. The second-order valence-electron chi connectivity index (χ2n) is 8.61. The highest BCUT2D eigenvalue weighted by Crippen LogP contribution is 2.26. The Labute approximate surface area is 151 Å². The van der Waals surface area contributed by atoms with Crippen LogP contribution >= 0.6 is 0 Å².